The van der Waals surface area contributed by atoms with Gasteiger partial charge in [-0.3, -0.25) is 0 Å². The van der Waals surface area contributed by atoms with Crippen LogP contribution in [0.5, 0.6) is 5.88 Å². The molecule has 1 aliphatic rings. The maximum absolute atomic E-state index is 5.76. The van der Waals surface area contributed by atoms with E-state index in [0.717, 1.165) is 11.1 Å². The second-order valence-corrected chi connectivity index (χ2v) is 2.97. The first-order valence-corrected chi connectivity index (χ1v) is 3.99. The van der Waals surface area contributed by atoms with Gasteiger partial charge in [0.15, 0.2) is 0 Å². The zero-order valence-electron chi connectivity index (χ0n) is 6.63. The minimum atomic E-state index is 0.455. The Bertz CT molecular complexity index is 314. The monoisotopic (exact) mass is 185 g/mol. The molecule has 2 heterocycles. The van der Waals surface area contributed by atoms with Gasteiger partial charge in [-0.15, -0.1) is 0 Å². The normalized spacial score (nSPS) is 14.5. The highest BCUT2D eigenvalue weighted by Gasteiger charge is 2.17. The molecule has 0 saturated heterocycles. The number of fused-ring (bicyclic) bond motifs is 1. The van der Waals surface area contributed by atoms with Gasteiger partial charge in [0.2, 0.25) is 5.88 Å². The van der Waals surface area contributed by atoms with Crippen LogP contribution in [0.2, 0.25) is 5.15 Å². The van der Waals surface area contributed by atoms with Gasteiger partial charge in [0.05, 0.1) is 20.3 Å². The molecule has 64 valence electrons. The molecule has 12 heavy (non-hydrogen) atoms. The maximum atomic E-state index is 5.76. The third-order valence-corrected chi connectivity index (χ3v) is 2.04. The minimum absolute atomic E-state index is 0.455. The predicted octanol–water partition coefficient (Wildman–Crippen LogP) is 1.77. The fourth-order valence-corrected chi connectivity index (χ4v) is 1.49. The number of nitrogens with zero attached hydrogens (tertiary/aromatic N) is 1. The molecule has 0 N–H and O–H groups in total. The van der Waals surface area contributed by atoms with E-state index in [4.69, 9.17) is 21.1 Å². The highest BCUT2D eigenvalue weighted by Crippen LogP contribution is 2.29. The molecule has 4 heteroatoms. The maximum Gasteiger partial charge on any atom is 0.220 e. The van der Waals surface area contributed by atoms with E-state index >= 15 is 0 Å². The number of halogens is 1. The van der Waals surface area contributed by atoms with Crippen LogP contribution in [0.4, 0.5) is 0 Å². The number of hydrogen-bond donors (Lipinski definition) is 0. The smallest absolute Gasteiger partial charge is 0.220 e. The molecular formula is C8H8ClNO2. The van der Waals surface area contributed by atoms with Crippen molar-refractivity contribution in [1.82, 2.24) is 4.98 Å². The van der Waals surface area contributed by atoms with Gasteiger partial charge in [-0.25, -0.2) is 4.98 Å². The summed E-state index contributed by atoms with van der Waals surface area (Å²) in [6, 6.07) is 1.81. The van der Waals surface area contributed by atoms with Crippen molar-refractivity contribution in [3.05, 3.63) is 22.3 Å². The van der Waals surface area contributed by atoms with Gasteiger partial charge in [0, 0.05) is 5.56 Å². The highest BCUT2D eigenvalue weighted by molar-refractivity contribution is 6.29. The predicted molar refractivity (Wildman–Crippen MR) is 44.3 cm³/mol. The number of rotatable bonds is 1. The van der Waals surface area contributed by atoms with Crippen molar-refractivity contribution in [3.8, 4) is 5.88 Å². The topological polar surface area (TPSA) is 31.4 Å². The largest absolute Gasteiger partial charge is 0.481 e. The molecule has 0 radical (unpaired) electrons. The summed E-state index contributed by atoms with van der Waals surface area (Å²) in [6.45, 7) is 1.18. The SMILES string of the molecule is COc1nc(Cl)cc2c1COC2. The van der Waals surface area contributed by atoms with E-state index in [1.165, 1.54) is 0 Å². The summed E-state index contributed by atoms with van der Waals surface area (Å²) < 4.78 is 10.3. The molecule has 2 rings (SSSR count). The average molecular weight is 186 g/mol. The zero-order valence-corrected chi connectivity index (χ0v) is 7.39. The Labute approximate surface area is 75.3 Å². The van der Waals surface area contributed by atoms with E-state index in [1.54, 1.807) is 7.11 Å². The molecule has 1 aromatic heterocycles. The fourth-order valence-electron chi connectivity index (χ4n) is 1.28. The van der Waals surface area contributed by atoms with E-state index in [1.807, 2.05) is 6.07 Å². The third kappa shape index (κ3) is 1.15. The molecule has 0 bridgehead atoms. The molecule has 0 aliphatic carbocycles. The number of aromatic nitrogens is 1. The van der Waals surface area contributed by atoms with Crippen molar-refractivity contribution in [2.45, 2.75) is 13.2 Å². The van der Waals surface area contributed by atoms with Gasteiger partial charge in [0.25, 0.3) is 0 Å². The fraction of sp³-hybridized carbons (Fsp3) is 0.375. The van der Waals surface area contributed by atoms with Gasteiger partial charge in [-0.05, 0) is 11.6 Å². The van der Waals surface area contributed by atoms with Crippen LogP contribution >= 0.6 is 11.6 Å². The molecule has 0 fully saturated rings. The van der Waals surface area contributed by atoms with E-state index in [-0.39, 0.29) is 0 Å². The van der Waals surface area contributed by atoms with Crippen LogP contribution in [0.3, 0.4) is 0 Å². The zero-order chi connectivity index (χ0) is 8.55. The third-order valence-electron chi connectivity index (χ3n) is 1.84. The molecule has 3 nitrogen and oxygen atoms in total. The van der Waals surface area contributed by atoms with Crippen LogP contribution in [0.1, 0.15) is 11.1 Å². The van der Waals surface area contributed by atoms with E-state index in [9.17, 15) is 0 Å². The van der Waals surface area contributed by atoms with Crippen molar-refractivity contribution >= 4 is 11.6 Å². The molecule has 1 aromatic rings. The van der Waals surface area contributed by atoms with Crippen LogP contribution in [0.25, 0.3) is 0 Å². The average Bonchev–Trinajstić information content (AvgIpc) is 2.50. The van der Waals surface area contributed by atoms with Gasteiger partial charge in [-0.1, -0.05) is 11.6 Å². The quantitative estimate of drug-likeness (QED) is 0.625. The van der Waals surface area contributed by atoms with Crippen LogP contribution in [0.15, 0.2) is 6.07 Å². The van der Waals surface area contributed by atoms with Crippen molar-refractivity contribution < 1.29 is 9.47 Å². The summed E-state index contributed by atoms with van der Waals surface area (Å²) in [5.74, 6) is 0.579. The molecule has 1 aliphatic heterocycles. The summed E-state index contributed by atoms with van der Waals surface area (Å²) in [5.41, 5.74) is 2.09. The summed E-state index contributed by atoms with van der Waals surface area (Å²) in [4.78, 5) is 4.03. The number of methoxy groups -OCH3 is 1. The highest BCUT2D eigenvalue weighted by atomic mass is 35.5. The Balaban J connectivity index is 2.55. The molecule has 0 atom stereocenters. The van der Waals surface area contributed by atoms with Gasteiger partial charge < -0.3 is 9.47 Å². The summed E-state index contributed by atoms with van der Waals surface area (Å²) in [7, 11) is 1.58. The van der Waals surface area contributed by atoms with E-state index in [0.29, 0.717) is 24.2 Å². The van der Waals surface area contributed by atoms with Gasteiger partial charge >= 0.3 is 0 Å². The van der Waals surface area contributed by atoms with Gasteiger partial charge in [0.1, 0.15) is 5.15 Å². The standard InChI is InChI=1S/C8H8ClNO2/c1-11-8-6-4-12-3-5(6)2-7(9)10-8/h2H,3-4H2,1H3. The van der Waals surface area contributed by atoms with E-state index in [2.05, 4.69) is 4.98 Å². The first kappa shape index (κ1) is 7.83. The molecule has 0 aromatic carbocycles. The Hall–Kier alpha value is -0.800. The molecular weight excluding hydrogens is 178 g/mol. The second kappa shape index (κ2) is 2.92. The number of pyridine rings is 1. The van der Waals surface area contributed by atoms with Gasteiger partial charge in [-0.2, -0.15) is 0 Å². The molecule has 0 saturated carbocycles. The summed E-state index contributed by atoms with van der Waals surface area (Å²) in [6.07, 6.45) is 0. The minimum Gasteiger partial charge on any atom is -0.481 e. The first-order chi connectivity index (χ1) is 5.81. The first-order valence-electron chi connectivity index (χ1n) is 3.61. The summed E-state index contributed by atoms with van der Waals surface area (Å²) in [5, 5.41) is 0.455. The molecule has 0 amide bonds. The Kier molecular flexibility index (Phi) is 1.90. The number of hydrogen-bond acceptors (Lipinski definition) is 3. The van der Waals surface area contributed by atoms with Crippen LogP contribution < -0.4 is 4.74 Å². The summed E-state index contributed by atoms with van der Waals surface area (Å²) >= 11 is 5.76. The lowest BCUT2D eigenvalue weighted by atomic mass is 10.2. The number of ether oxygens (including phenoxy) is 2. The molecule has 0 spiro atoms. The Morgan fingerprint density at radius 2 is 2.42 bits per heavy atom. The lowest BCUT2D eigenvalue weighted by Crippen LogP contribution is -1.94. The second-order valence-electron chi connectivity index (χ2n) is 2.58. The lowest BCUT2D eigenvalue weighted by molar-refractivity contribution is 0.133. The van der Waals surface area contributed by atoms with Crippen molar-refractivity contribution in [3.63, 3.8) is 0 Å². The van der Waals surface area contributed by atoms with Crippen LogP contribution in [0, 0.1) is 0 Å². The molecule has 0 unspecified atom stereocenters. The van der Waals surface area contributed by atoms with Crippen LogP contribution in [-0.2, 0) is 18.0 Å². The van der Waals surface area contributed by atoms with Crippen molar-refractivity contribution in [2.24, 2.45) is 0 Å². The van der Waals surface area contributed by atoms with Crippen molar-refractivity contribution in [2.75, 3.05) is 7.11 Å². The Morgan fingerprint density at radius 3 is 3.17 bits per heavy atom. The van der Waals surface area contributed by atoms with E-state index < -0.39 is 0 Å². The van der Waals surface area contributed by atoms with Crippen molar-refractivity contribution in [1.29, 1.82) is 0 Å². The Morgan fingerprint density at radius 1 is 1.58 bits per heavy atom. The lowest BCUT2D eigenvalue weighted by Gasteiger charge is -2.04. The van der Waals surface area contributed by atoms with Crippen LogP contribution in [-0.4, -0.2) is 12.1 Å².